The standard InChI is InChI=1S/C21H26ClN3O2/c1-5-6-19(26)24-16-7-8-17(22)18(11-16)25-20(27)12-23-21-14(3)9-13(2)10-15(21)4/h7-11,23H,5-6,12H2,1-4H3,(H,24,26)(H,25,27). The highest BCUT2D eigenvalue weighted by Gasteiger charge is 2.10. The quantitative estimate of drug-likeness (QED) is 0.622. The van der Waals surface area contributed by atoms with Crippen LogP contribution in [0.4, 0.5) is 17.1 Å². The number of benzene rings is 2. The molecule has 0 aromatic heterocycles. The van der Waals surface area contributed by atoms with Crippen molar-refractivity contribution in [1.29, 1.82) is 0 Å². The molecule has 3 N–H and O–H groups in total. The maximum atomic E-state index is 12.3. The van der Waals surface area contributed by atoms with Crippen molar-refractivity contribution in [3.63, 3.8) is 0 Å². The molecule has 144 valence electrons. The largest absolute Gasteiger partial charge is 0.376 e. The summed E-state index contributed by atoms with van der Waals surface area (Å²) < 4.78 is 0. The van der Waals surface area contributed by atoms with Gasteiger partial charge in [0.25, 0.3) is 0 Å². The lowest BCUT2D eigenvalue weighted by Crippen LogP contribution is -2.22. The number of anilines is 3. The van der Waals surface area contributed by atoms with Crippen LogP contribution in [0.15, 0.2) is 30.3 Å². The molecule has 2 rings (SSSR count). The van der Waals surface area contributed by atoms with E-state index in [2.05, 4.69) is 28.1 Å². The summed E-state index contributed by atoms with van der Waals surface area (Å²) in [6.07, 6.45) is 1.22. The van der Waals surface area contributed by atoms with Crippen LogP contribution in [0.5, 0.6) is 0 Å². The molecule has 0 saturated heterocycles. The van der Waals surface area contributed by atoms with Gasteiger partial charge < -0.3 is 16.0 Å². The summed E-state index contributed by atoms with van der Waals surface area (Å²) in [6, 6.07) is 9.18. The van der Waals surface area contributed by atoms with Crippen LogP contribution in [-0.2, 0) is 9.59 Å². The molecule has 0 unspecified atom stereocenters. The van der Waals surface area contributed by atoms with E-state index in [0.29, 0.717) is 22.8 Å². The minimum absolute atomic E-state index is 0.0657. The molecular formula is C21H26ClN3O2. The molecule has 0 spiro atoms. The fraction of sp³-hybridized carbons (Fsp3) is 0.333. The predicted molar refractivity (Wildman–Crippen MR) is 113 cm³/mol. The Kier molecular flexibility index (Phi) is 7.25. The van der Waals surface area contributed by atoms with E-state index in [-0.39, 0.29) is 18.4 Å². The van der Waals surface area contributed by atoms with E-state index < -0.39 is 0 Å². The van der Waals surface area contributed by atoms with E-state index in [9.17, 15) is 9.59 Å². The number of aryl methyl sites for hydroxylation is 3. The maximum Gasteiger partial charge on any atom is 0.243 e. The van der Waals surface area contributed by atoms with Gasteiger partial charge in [-0.2, -0.15) is 0 Å². The van der Waals surface area contributed by atoms with E-state index in [4.69, 9.17) is 11.6 Å². The number of nitrogens with one attached hydrogen (secondary N) is 3. The Hall–Kier alpha value is -2.53. The summed E-state index contributed by atoms with van der Waals surface area (Å²) in [5, 5.41) is 9.19. The van der Waals surface area contributed by atoms with Gasteiger partial charge in [-0.05, 0) is 56.5 Å². The molecule has 2 amide bonds. The van der Waals surface area contributed by atoms with Crippen LogP contribution in [0.1, 0.15) is 36.5 Å². The predicted octanol–water partition coefficient (Wildman–Crippen LogP) is 5.05. The number of carbonyl (C=O) groups excluding carboxylic acids is 2. The van der Waals surface area contributed by atoms with Crippen molar-refractivity contribution in [2.24, 2.45) is 0 Å². The molecule has 6 heteroatoms. The third-order valence-electron chi connectivity index (χ3n) is 4.10. The number of rotatable bonds is 7. The summed E-state index contributed by atoms with van der Waals surface area (Å²) in [7, 11) is 0. The minimum atomic E-state index is -0.215. The molecule has 0 bridgehead atoms. The molecule has 0 fully saturated rings. The molecule has 0 aliphatic rings. The first-order valence-corrected chi connectivity index (χ1v) is 9.39. The lowest BCUT2D eigenvalue weighted by molar-refractivity contribution is -0.116. The second-order valence-electron chi connectivity index (χ2n) is 6.67. The van der Waals surface area contributed by atoms with Gasteiger partial charge in [0.15, 0.2) is 0 Å². The third kappa shape index (κ3) is 6.00. The molecule has 27 heavy (non-hydrogen) atoms. The number of hydrogen-bond donors (Lipinski definition) is 3. The highest BCUT2D eigenvalue weighted by molar-refractivity contribution is 6.33. The number of carbonyl (C=O) groups is 2. The fourth-order valence-corrected chi connectivity index (χ4v) is 3.14. The summed E-state index contributed by atoms with van der Waals surface area (Å²) in [5.74, 6) is -0.280. The Balaban J connectivity index is 2.02. The van der Waals surface area contributed by atoms with E-state index >= 15 is 0 Å². The molecule has 0 saturated carbocycles. The number of hydrogen-bond acceptors (Lipinski definition) is 3. The second-order valence-corrected chi connectivity index (χ2v) is 7.08. The van der Waals surface area contributed by atoms with Gasteiger partial charge in [-0.15, -0.1) is 0 Å². The first-order valence-electron chi connectivity index (χ1n) is 9.01. The molecular weight excluding hydrogens is 362 g/mol. The molecule has 0 radical (unpaired) electrons. The molecule has 2 aromatic carbocycles. The van der Waals surface area contributed by atoms with E-state index in [1.54, 1.807) is 18.2 Å². The van der Waals surface area contributed by atoms with Gasteiger partial charge in [0.1, 0.15) is 0 Å². The van der Waals surface area contributed by atoms with Gasteiger partial charge in [0.2, 0.25) is 11.8 Å². The number of halogens is 1. The van der Waals surface area contributed by atoms with Crippen molar-refractivity contribution in [1.82, 2.24) is 0 Å². The van der Waals surface area contributed by atoms with Crippen molar-refractivity contribution in [3.8, 4) is 0 Å². The van der Waals surface area contributed by atoms with Gasteiger partial charge in [0, 0.05) is 17.8 Å². The van der Waals surface area contributed by atoms with Crippen LogP contribution in [0, 0.1) is 20.8 Å². The van der Waals surface area contributed by atoms with Crippen LogP contribution in [0.25, 0.3) is 0 Å². The zero-order valence-electron chi connectivity index (χ0n) is 16.2. The van der Waals surface area contributed by atoms with Crippen LogP contribution in [0.2, 0.25) is 5.02 Å². The van der Waals surface area contributed by atoms with Gasteiger partial charge in [-0.1, -0.05) is 36.2 Å². The maximum absolute atomic E-state index is 12.3. The highest BCUT2D eigenvalue weighted by atomic mass is 35.5. The van der Waals surface area contributed by atoms with Gasteiger partial charge in [-0.3, -0.25) is 9.59 Å². The van der Waals surface area contributed by atoms with Crippen LogP contribution >= 0.6 is 11.6 Å². The lowest BCUT2D eigenvalue weighted by Gasteiger charge is -2.15. The molecule has 5 nitrogen and oxygen atoms in total. The Morgan fingerprint density at radius 1 is 0.963 bits per heavy atom. The van der Waals surface area contributed by atoms with Crippen molar-refractivity contribution in [3.05, 3.63) is 52.0 Å². The normalized spacial score (nSPS) is 10.4. The Labute approximate surface area is 165 Å². The lowest BCUT2D eigenvalue weighted by atomic mass is 10.1. The summed E-state index contributed by atoms with van der Waals surface area (Å²) >= 11 is 6.18. The van der Waals surface area contributed by atoms with Crippen molar-refractivity contribution < 1.29 is 9.59 Å². The average Bonchev–Trinajstić information content (AvgIpc) is 2.57. The second kappa shape index (κ2) is 9.42. The van der Waals surface area contributed by atoms with Crippen molar-refractivity contribution in [2.75, 3.05) is 22.5 Å². The van der Waals surface area contributed by atoms with Crippen LogP contribution < -0.4 is 16.0 Å². The zero-order chi connectivity index (χ0) is 20.0. The minimum Gasteiger partial charge on any atom is -0.376 e. The summed E-state index contributed by atoms with van der Waals surface area (Å²) in [4.78, 5) is 24.1. The molecule has 2 aromatic rings. The van der Waals surface area contributed by atoms with Crippen LogP contribution in [-0.4, -0.2) is 18.4 Å². The van der Waals surface area contributed by atoms with E-state index in [1.165, 1.54) is 5.56 Å². The molecule has 0 heterocycles. The SMILES string of the molecule is CCCC(=O)Nc1ccc(Cl)c(NC(=O)CNc2c(C)cc(C)cc2C)c1. The first kappa shape index (κ1) is 20.8. The smallest absolute Gasteiger partial charge is 0.243 e. The third-order valence-corrected chi connectivity index (χ3v) is 4.43. The summed E-state index contributed by atoms with van der Waals surface area (Å²) in [6.45, 7) is 8.13. The average molecular weight is 388 g/mol. The molecule has 0 atom stereocenters. The van der Waals surface area contributed by atoms with Gasteiger partial charge >= 0.3 is 0 Å². The Morgan fingerprint density at radius 3 is 2.26 bits per heavy atom. The first-order chi connectivity index (χ1) is 12.8. The number of amides is 2. The topological polar surface area (TPSA) is 70.2 Å². The fourth-order valence-electron chi connectivity index (χ4n) is 2.97. The summed E-state index contributed by atoms with van der Waals surface area (Å²) in [5.41, 5.74) is 5.41. The Bertz CT molecular complexity index is 826. The van der Waals surface area contributed by atoms with Crippen molar-refractivity contribution in [2.45, 2.75) is 40.5 Å². The molecule has 0 aliphatic heterocycles. The van der Waals surface area contributed by atoms with E-state index in [0.717, 1.165) is 23.2 Å². The van der Waals surface area contributed by atoms with Gasteiger partial charge in [0.05, 0.1) is 17.3 Å². The van der Waals surface area contributed by atoms with Crippen molar-refractivity contribution >= 4 is 40.5 Å². The monoisotopic (exact) mass is 387 g/mol. The zero-order valence-corrected chi connectivity index (χ0v) is 17.0. The van der Waals surface area contributed by atoms with Gasteiger partial charge in [-0.25, -0.2) is 0 Å². The van der Waals surface area contributed by atoms with E-state index in [1.807, 2.05) is 27.7 Å². The van der Waals surface area contributed by atoms with Crippen LogP contribution in [0.3, 0.4) is 0 Å². The Morgan fingerprint density at radius 2 is 1.63 bits per heavy atom. The highest BCUT2D eigenvalue weighted by Crippen LogP contribution is 2.26. The molecule has 0 aliphatic carbocycles.